The van der Waals surface area contributed by atoms with Gasteiger partial charge >= 0.3 is 0 Å². The van der Waals surface area contributed by atoms with Crippen molar-refractivity contribution in [2.75, 3.05) is 32.8 Å². The van der Waals surface area contributed by atoms with Crippen LogP contribution < -0.4 is 24.3 Å². The third-order valence-corrected chi connectivity index (χ3v) is 4.74. The molecule has 1 N–H and O–H groups in total. The number of carbonyl (C=O) groups excluding carboxylic acids is 1. The van der Waals surface area contributed by atoms with Gasteiger partial charge in [-0.1, -0.05) is 13.8 Å². The van der Waals surface area contributed by atoms with E-state index in [0.29, 0.717) is 47.5 Å². The molecule has 2 rings (SSSR count). The largest absolute Gasteiger partial charge is 0.493 e. The number of halogens is 1. The summed E-state index contributed by atoms with van der Waals surface area (Å²) in [5.41, 5.74) is 1.13. The molecule has 7 heteroatoms. The molecule has 6 nitrogen and oxygen atoms in total. The van der Waals surface area contributed by atoms with Crippen molar-refractivity contribution in [3.8, 4) is 23.0 Å². The first-order chi connectivity index (χ1) is 13.5. The Labute approximate surface area is 179 Å². The molecule has 2 aromatic rings. The molecular weight excluding hydrogens is 473 g/mol. The Bertz CT molecular complexity index is 810. The highest BCUT2D eigenvalue weighted by Crippen LogP contribution is 2.33. The standard InChI is InChI=1S/C21H26INO5/c1-5-9-27-17-8-7-14(11-20(17)28-10-6-2)23-21(24)15-12-18(25-3)19(26-4)13-16(15)22/h7-8,11-13H,5-6,9-10H2,1-4H3,(H,23,24). The number of amides is 1. The molecule has 28 heavy (non-hydrogen) atoms. The van der Waals surface area contributed by atoms with Gasteiger partial charge < -0.3 is 24.3 Å². The maximum Gasteiger partial charge on any atom is 0.256 e. The summed E-state index contributed by atoms with van der Waals surface area (Å²) < 4.78 is 22.9. The molecule has 0 saturated heterocycles. The number of ether oxygens (including phenoxy) is 4. The highest BCUT2D eigenvalue weighted by atomic mass is 127. The Morgan fingerprint density at radius 1 is 0.893 bits per heavy atom. The lowest BCUT2D eigenvalue weighted by Crippen LogP contribution is -2.14. The molecule has 0 heterocycles. The van der Waals surface area contributed by atoms with Crippen LogP contribution in [0.3, 0.4) is 0 Å². The Kier molecular flexibility index (Phi) is 8.69. The van der Waals surface area contributed by atoms with Crippen molar-refractivity contribution >= 4 is 34.2 Å². The Balaban J connectivity index is 2.25. The van der Waals surface area contributed by atoms with Crippen LogP contribution in [0.25, 0.3) is 0 Å². The number of hydrogen-bond donors (Lipinski definition) is 1. The number of hydrogen-bond acceptors (Lipinski definition) is 5. The van der Waals surface area contributed by atoms with E-state index in [1.54, 1.807) is 38.5 Å². The molecule has 0 atom stereocenters. The van der Waals surface area contributed by atoms with Crippen molar-refractivity contribution in [1.29, 1.82) is 0 Å². The van der Waals surface area contributed by atoms with Crippen LogP contribution in [0.15, 0.2) is 30.3 Å². The first-order valence-corrected chi connectivity index (χ1v) is 10.2. The van der Waals surface area contributed by atoms with E-state index < -0.39 is 0 Å². The molecule has 0 unspecified atom stereocenters. The highest BCUT2D eigenvalue weighted by Gasteiger charge is 2.16. The van der Waals surface area contributed by atoms with Crippen LogP contribution in [0.2, 0.25) is 0 Å². The molecule has 0 fully saturated rings. The Hall–Kier alpha value is -2.16. The first kappa shape index (κ1) is 22.1. The van der Waals surface area contributed by atoms with Crippen molar-refractivity contribution < 1.29 is 23.7 Å². The van der Waals surface area contributed by atoms with Gasteiger partial charge in [0.15, 0.2) is 23.0 Å². The van der Waals surface area contributed by atoms with Gasteiger partial charge in [0.25, 0.3) is 5.91 Å². The fourth-order valence-corrected chi connectivity index (χ4v) is 3.15. The molecule has 152 valence electrons. The molecule has 1 amide bonds. The molecule has 0 bridgehead atoms. The maximum atomic E-state index is 12.8. The van der Waals surface area contributed by atoms with Gasteiger partial charge in [-0.2, -0.15) is 0 Å². The quantitative estimate of drug-likeness (QED) is 0.459. The third kappa shape index (κ3) is 5.67. The molecule has 0 aliphatic heterocycles. The molecule has 0 spiro atoms. The van der Waals surface area contributed by atoms with Gasteiger partial charge in [0.05, 0.1) is 33.0 Å². The van der Waals surface area contributed by atoms with Crippen LogP contribution in [0.4, 0.5) is 5.69 Å². The summed E-state index contributed by atoms with van der Waals surface area (Å²) >= 11 is 2.10. The average molecular weight is 499 g/mol. The van der Waals surface area contributed by atoms with Crippen LogP contribution in [0.1, 0.15) is 37.0 Å². The van der Waals surface area contributed by atoms with Gasteiger partial charge in [0.1, 0.15) is 0 Å². The zero-order valence-corrected chi connectivity index (χ0v) is 18.8. The van der Waals surface area contributed by atoms with Gasteiger partial charge in [0.2, 0.25) is 0 Å². The molecule has 0 aliphatic carbocycles. The average Bonchev–Trinajstić information content (AvgIpc) is 2.70. The van der Waals surface area contributed by atoms with Crippen LogP contribution >= 0.6 is 22.6 Å². The van der Waals surface area contributed by atoms with Gasteiger partial charge in [-0.3, -0.25) is 4.79 Å². The summed E-state index contributed by atoms with van der Waals surface area (Å²) in [4.78, 5) is 12.8. The van der Waals surface area contributed by atoms with Gasteiger partial charge in [0, 0.05) is 15.3 Å². The minimum Gasteiger partial charge on any atom is -0.493 e. The normalized spacial score (nSPS) is 10.3. The van der Waals surface area contributed by atoms with Crippen LogP contribution in [0.5, 0.6) is 23.0 Å². The lowest BCUT2D eigenvalue weighted by atomic mass is 10.1. The molecule has 0 radical (unpaired) electrons. The molecule has 0 saturated carbocycles. The van der Waals surface area contributed by atoms with E-state index in [0.717, 1.165) is 16.4 Å². The molecular formula is C21H26INO5. The molecule has 0 aliphatic rings. The van der Waals surface area contributed by atoms with Crippen molar-refractivity contribution in [2.24, 2.45) is 0 Å². The monoisotopic (exact) mass is 499 g/mol. The predicted octanol–water partition coefficient (Wildman–Crippen LogP) is 5.14. The second-order valence-electron chi connectivity index (χ2n) is 6.00. The summed E-state index contributed by atoms with van der Waals surface area (Å²) in [6.45, 7) is 5.27. The summed E-state index contributed by atoms with van der Waals surface area (Å²) in [5, 5.41) is 2.91. The topological polar surface area (TPSA) is 66.0 Å². The Morgan fingerprint density at radius 3 is 2.11 bits per heavy atom. The van der Waals surface area contributed by atoms with E-state index in [4.69, 9.17) is 18.9 Å². The van der Waals surface area contributed by atoms with Crippen LogP contribution in [-0.2, 0) is 0 Å². The number of methoxy groups -OCH3 is 2. The van der Waals surface area contributed by atoms with Crippen molar-refractivity contribution in [2.45, 2.75) is 26.7 Å². The van der Waals surface area contributed by atoms with E-state index in [-0.39, 0.29) is 5.91 Å². The van der Waals surface area contributed by atoms with Crippen LogP contribution in [-0.4, -0.2) is 33.3 Å². The fraction of sp³-hybridized carbons (Fsp3) is 0.381. The van der Waals surface area contributed by atoms with Crippen molar-refractivity contribution in [3.63, 3.8) is 0 Å². The maximum absolute atomic E-state index is 12.8. The van der Waals surface area contributed by atoms with E-state index in [1.807, 2.05) is 19.9 Å². The van der Waals surface area contributed by atoms with Crippen molar-refractivity contribution in [1.82, 2.24) is 0 Å². The second-order valence-corrected chi connectivity index (χ2v) is 7.16. The first-order valence-electron chi connectivity index (χ1n) is 9.16. The van der Waals surface area contributed by atoms with E-state index in [2.05, 4.69) is 27.9 Å². The highest BCUT2D eigenvalue weighted by molar-refractivity contribution is 14.1. The second kappa shape index (κ2) is 11.0. The van der Waals surface area contributed by atoms with E-state index in [1.165, 1.54) is 0 Å². The summed E-state index contributed by atoms with van der Waals surface area (Å²) in [6.07, 6.45) is 1.79. The number of nitrogens with one attached hydrogen (secondary N) is 1. The third-order valence-electron chi connectivity index (χ3n) is 3.84. The van der Waals surface area contributed by atoms with Gasteiger partial charge in [-0.05, 0) is 59.7 Å². The van der Waals surface area contributed by atoms with Crippen molar-refractivity contribution in [3.05, 3.63) is 39.5 Å². The molecule has 0 aromatic heterocycles. The zero-order valence-electron chi connectivity index (χ0n) is 16.6. The van der Waals surface area contributed by atoms with Gasteiger partial charge in [-0.15, -0.1) is 0 Å². The summed E-state index contributed by atoms with van der Waals surface area (Å²) in [5.74, 6) is 2.14. The fourth-order valence-electron chi connectivity index (χ4n) is 2.47. The summed E-state index contributed by atoms with van der Waals surface area (Å²) in [7, 11) is 3.10. The van der Waals surface area contributed by atoms with Crippen LogP contribution in [0, 0.1) is 3.57 Å². The minimum absolute atomic E-state index is 0.242. The van der Waals surface area contributed by atoms with Gasteiger partial charge in [-0.25, -0.2) is 0 Å². The number of rotatable bonds is 10. The predicted molar refractivity (Wildman–Crippen MR) is 118 cm³/mol. The van der Waals surface area contributed by atoms with E-state index in [9.17, 15) is 4.79 Å². The zero-order chi connectivity index (χ0) is 20.5. The smallest absolute Gasteiger partial charge is 0.256 e. The lowest BCUT2D eigenvalue weighted by molar-refractivity contribution is 0.102. The number of benzene rings is 2. The number of carbonyl (C=O) groups is 1. The minimum atomic E-state index is -0.242. The summed E-state index contributed by atoms with van der Waals surface area (Å²) in [6, 6.07) is 8.84. The number of anilines is 1. The Morgan fingerprint density at radius 2 is 1.50 bits per heavy atom. The lowest BCUT2D eigenvalue weighted by Gasteiger charge is -2.15. The van der Waals surface area contributed by atoms with E-state index >= 15 is 0 Å². The SMILES string of the molecule is CCCOc1ccc(NC(=O)c2cc(OC)c(OC)cc2I)cc1OCCC. The molecule has 2 aromatic carbocycles.